The van der Waals surface area contributed by atoms with E-state index in [0.717, 1.165) is 6.92 Å². The van der Waals surface area contributed by atoms with E-state index >= 15 is 0 Å². The highest BCUT2D eigenvalue weighted by Gasteiger charge is 2.60. The lowest BCUT2D eigenvalue weighted by Gasteiger charge is -2.50. The van der Waals surface area contributed by atoms with Gasteiger partial charge in [0.05, 0.1) is 13.2 Å². The van der Waals surface area contributed by atoms with Crippen molar-refractivity contribution in [2.45, 2.75) is 130 Å². The standard InChI is InChI=1S/C26H42N2O37S5.C10H6O2/c1-4(30)27-7-9(31)13(6(56-23(7)39)3-55-67(43,44)45)58-26-19(65-70(52,53)54)12(34)16(20(62-26)22(37)38)60-24-8(28-66(40,41)42)15(63-68(46,47)48)14(5(2-29)57-24)59-25-18(64-69(49,50)51)11(33)10(32)17(61-25)21(35)36;11-9-5-6-10(12)8-4-2-1-3-7(8)9/h5-20,23-26,28-29,31-34,39H,2-3H2,1H3,(H,27,30)(H,35,36)(H,37,38)(H,40,41,42)(H,43,44,45)(H,46,47,48)(H,49,50,51)(H,52,53,54);1-6H/t5-,6+,7-,8-,9-,10-,11-,12+,13-,14-,15-,16+,17-,18+,19-,20+,23-,24+,25+,26-;/m1./s1. The Bertz CT molecular complexity index is 3090. The molecule has 4 fully saturated rings. The van der Waals surface area contributed by atoms with Crippen molar-refractivity contribution in [2.75, 3.05) is 13.2 Å². The molecule has 4 saturated heterocycles. The molecule has 41 nitrogen and oxygen atoms in total. The highest BCUT2D eigenvalue weighted by Crippen LogP contribution is 2.37. The first-order valence-electron chi connectivity index (χ1n) is 22.1. The predicted molar refractivity (Wildman–Crippen MR) is 245 cm³/mol. The molecule has 1 aromatic rings. The number of nitrogens with one attached hydrogen (secondary N) is 2. The average Bonchev–Trinajstić information content (AvgIpc) is 3.34. The molecule has 0 radical (unpaired) electrons. The van der Waals surface area contributed by atoms with Gasteiger partial charge < -0.3 is 79.3 Å². The van der Waals surface area contributed by atoms with E-state index in [1.807, 2.05) is 5.32 Å². The van der Waals surface area contributed by atoms with Crippen molar-refractivity contribution in [3.05, 3.63) is 47.5 Å². The van der Waals surface area contributed by atoms with Crippen LogP contribution in [-0.2, 0) is 116 Å². The summed E-state index contributed by atoms with van der Waals surface area (Å²) in [6.45, 7) is -2.24. The Labute approximate surface area is 459 Å². The summed E-state index contributed by atoms with van der Waals surface area (Å²) < 4.78 is 222. The van der Waals surface area contributed by atoms with Gasteiger partial charge >= 0.3 is 63.8 Å². The molecule has 46 heteroatoms. The average molecular weight is 1290 g/mol. The highest BCUT2D eigenvalue weighted by molar-refractivity contribution is 7.83. The highest BCUT2D eigenvalue weighted by atomic mass is 32.3. The second kappa shape index (κ2) is 26.9. The number of ketones is 2. The molecule has 1 aromatic carbocycles. The van der Waals surface area contributed by atoms with Gasteiger partial charge in [0, 0.05) is 18.1 Å². The lowest BCUT2D eigenvalue weighted by atomic mass is 9.94. The van der Waals surface area contributed by atoms with Crippen LogP contribution in [-0.4, -0.2) is 271 Å². The van der Waals surface area contributed by atoms with E-state index in [1.54, 1.807) is 24.3 Å². The first-order valence-corrected chi connectivity index (χ1v) is 29.0. The van der Waals surface area contributed by atoms with Gasteiger partial charge in [0.2, 0.25) is 5.91 Å². The van der Waals surface area contributed by atoms with Crippen molar-refractivity contribution < 1.29 is 180 Å². The molecule has 6 rings (SSSR count). The summed E-state index contributed by atoms with van der Waals surface area (Å²) in [6.07, 6.45) is -46.5. The number of fused-ring (bicyclic) bond motifs is 1. The van der Waals surface area contributed by atoms with E-state index in [1.165, 1.54) is 16.9 Å². The van der Waals surface area contributed by atoms with E-state index in [-0.39, 0.29) is 11.6 Å². The molecule has 1 aliphatic carbocycles. The van der Waals surface area contributed by atoms with Gasteiger partial charge in [-0.25, -0.2) is 26.3 Å². The van der Waals surface area contributed by atoms with Crippen molar-refractivity contribution in [3.8, 4) is 0 Å². The molecule has 1 amide bonds. The maximum absolute atomic E-state index is 12.7. The van der Waals surface area contributed by atoms with Gasteiger partial charge in [-0.1, -0.05) is 24.3 Å². The minimum Gasteiger partial charge on any atom is -0.479 e. The van der Waals surface area contributed by atoms with Gasteiger partial charge in [-0.2, -0.15) is 46.8 Å². The molecule has 20 atom stereocenters. The number of benzene rings is 1. The lowest BCUT2D eigenvalue weighted by molar-refractivity contribution is -0.366. The Kier molecular flexibility index (Phi) is 22.4. The number of amides is 1. The molecule has 0 aromatic heterocycles. The summed E-state index contributed by atoms with van der Waals surface area (Å²) in [7, 11) is -29.1. The number of hydrogen-bond donors (Lipinski definition) is 15. The molecule has 0 saturated carbocycles. The van der Waals surface area contributed by atoms with Crippen molar-refractivity contribution in [1.29, 1.82) is 0 Å². The fraction of sp³-hybridized carbons (Fsp3) is 0.639. The van der Waals surface area contributed by atoms with E-state index in [9.17, 15) is 125 Å². The molecule has 4 aliphatic heterocycles. The number of ether oxygens (including phenoxy) is 7. The number of aliphatic carboxylic acids is 2. The quantitative estimate of drug-likeness (QED) is 0.0508. The van der Waals surface area contributed by atoms with Gasteiger partial charge in [0.1, 0.15) is 73.1 Å². The zero-order chi connectivity index (χ0) is 61.9. The first-order chi connectivity index (χ1) is 37.6. The minimum absolute atomic E-state index is 0.0924. The van der Waals surface area contributed by atoms with Crippen molar-refractivity contribution >= 4 is 81.3 Å². The van der Waals surface area contributed by atoms with Crippen molar-refractivity contribution in [3.63, 3.8) is 0 Å². The fourth-order valence-corrected chi connectivity index (χ4v) is 10.7. The summed E-state index contributed by atoms with van der Waals surface area (Å²) in [5.41, 5.74) is 1.01. The van der Waals surface area contributed by atoms with Crippen LogP contribution in [0.5, 0.6) is 0 Å². The number of carboxylic acids is 2. The van der Waals surface area contributed by atoms with Gasteiger partial charge in [-0.15, -0.1) is 0 Å². The van der Waals surface area contributed by atoms with Crippen LogP contribution in [0.15, 0.2) is 36.4 Å². The number of aliphatic hydroxyl groups is 6. The lowest BCUT2D eigenvalue weighted by Crippen LogP contribution is -2.71. The first kappa shape index (κ1) is 68.3. The number of carboxylic acid groups (broad SMARTS) is 2. The van der Waals surface area contributed by atoms with Gasteiger partial charge in [-0.05, 0) is 12.2 Å². The topological polar surface area (TPSA) is 645 Å². The Morgan fingerprint density at radius 3 is 1.45 bits per heavy atom. The van der Waals surface area contributed by atoms with Gasteiger partial charge in [-0.3, -0.25) is 37.1 Å². The monoisotopic (exact) mass is 1290 g/mol. The number of hydrogen-bond acceptors (Lipinski definition) is 32. The van der Waals surface area contributed by atoms with Crippen LogP contribution in [0.1, 0.15) is 27.6 Å². The minimum atomic E-state index is -6.09. The second-order valence-corrected chi connectivity index (χ2v) is 22.6. The van der Waals surface area contributed by atoms with Crippen LogP contribution >= 0.6 is 0 Å². The van der Waals surface area contributed by atoms with Crippen LogP contribution in [0.4, 0.5) is 0 Å². The smallest absolute Gasteiger partial charge is 0.397 e. The van der Waals surface area contributed by atoms with Crippen LogP contribution in [0.25, 0.3) is 0 Å². The second-order valence-electron chi connectivity index (χ2n) is 17.2. The predicted octanol–water partition coefficient (Wildman–Crippen LogP) is -9.09. The fourth-order valence-electron chi connectivity index (χ4n) is 8.30. The Morgan fingerprint density at radius 1 is 0.537 bits per heavy atom. The number of carbonyl (C=O) groups is 5. The molecule has 15 N–H and O–H groups in total. The van der Waals surface area contributed by atoms with Crippen molar-refractivity contribution in [2.24, 2.45) is 0 Å². The molecule has 0 unspecified atom stereocenters. The van der Waals surface area contributed by atoms with Crippen LogP contribution in [0, 0.1) is 0 Å². The van der Waals surface area contributed by atoms with Gasteiger partial charge in [0.15, 0.2) is 61.1 Å². The third-order valence-electron chi connectivity index (χ3n) is 11.5. The molecular formula is C36H48N2O39S5. The third-order valence-corrected chi connectivity index (χ3v) is 13.9. The van der Waals surface area contributed by atoms with Crippen molar-refractivity contribution in [1.82, 2.24) is 10.0 Å². The Morgan fingerprint density at radius 2 is 1.00 bits per heavy atom. The molecule has 0 bridgehead atoms. The maximum atomic E-state index is 12.7. The van der Waals surface area contributed by atoms with Crippen LogP contribution in [0.2, 0.25) is 0 Å². The third kappa shape index (κ3) is 18.3. The normalized spacial score (nSPS) is 35.6. The summed E-state index contributed by atoms with van der Waals surface area (Å²) in [5.74, 6) is -5.67. The molecule has 4 heterocycles. The zero-order valence-electron chi connectivity index (χ0n) is 40.4. The van der Waals surface area contributed by atoms with Crippen LogP contribution < -0.4 is 10.0 Å². The number of allylic oxidation sites excluding steroid dienone is 2. The summed E-state index contributed by atoms with van der Waals surface area (Å²) in [6, 6.07) is 1.88. The molecule has 5 aliphatic rings. The maximum Gasteiger partial charge on any atom is 0.397 e. The Hall–Kier alpha value is -4.46. The molecule has 0 spiro atoms. The molecule has 466 valence electrons. The summed E-state index contributed by atoms with van der Waals surface area (Å²) in [5, 5.41) is 86.0. The number of rotatable bonds is 21. The molecular weight excluding hydrogens is 1240 g/mol. The number of aliphatic hydroxyl groups excluding tert-OH is 6. The van der Waals surface area contributed by atoms with E-state index in [0.29, 0.717) is 11.1 Å². The van der Waals surface area contributed by atoms with Crippen LogP contribution in [0.3, 0.4) is 0 Å². The SMILES string of the molecule is CC(=O)N[C@@H]1[C@@H](O)[C@H](O[C@@H]2O[C@H](C(=O)O)[C@@H](O[C@@H]3O[C@H](CO)[C@@H](O[C@H]4O[C@@H](C(=O)O)[C@H](O)[C@@H](O)[C@@H]4OS(=O)(=O)O)[C@H](OS(=O)(=O)O)[C@H]3NS(=O)(=O)O)[C@H](O)[C@H]2OS(=O)(=O)O)[C@H](COS(=O)(=O)O)O[C@H]1O.O=C1C=CC(=O)c2ccccc21. The Balaban J connectivity index is 0.000000899. The van der Waals surface area contributed by atoms with E-state index in [4.69, 9.17) is 37.7 Å². The largest absolute Gasteiger partial charge is 0.479 e. The zero-order valence-corrected chi connectivity index (χ0v) is 44.5. The molecule has 82 heavy (non-hydrogen) atoms. The van der Waals surface area contributed by atoms with E-state index < -0.39 is 206 Å². The van der Waals surface area contributed by atoms with E-state index in [2.05, 4.69) is 16.7 Å². The summed E-state index contributed by atoms with van der Waals surface area (Å²) >= 11 is 0. The van der Waals surface area contributed by atoms with Gasteiger partial charge in [0.25, 0.3) is 0 Å². The number of carbonyl (C=O) groups excluding carboxylic acids is 3. The summed E-state index contributed by atoms with van der Waals surface area (Å²) in [4.78, 5) is 58.8.